The van der Waals surface area contributed by atoms with Crippen molar-refractivity contribution in [2.75, 3.05) is 10.7 Å². The predicted molar refractivity (Wildman–Crippen MR) is 115 cm³/mol. The molecule has 148 valence electrons. The zero-order chi connectivity index (χ0) is 20.4. The molecule has 0 aliphatic carbocycles. The van der Waals surface area contributed by atoms with Gasteiger partial charge in [0, 0.05) is 29.1 Å². The van der Waals surface area contributed by atoms with Crippen LogP contribution in [-0.4, -0.2) is 33.1 Å². The van der Waals surface area contributed by atoms with E-state index in [0.717, 1.165) is 15.9 Å². The maximum absolute atomic E-state index is 12.9. The minimum Gasteiger partial charge on any atom is -0.491 e. The molecule has 1 amide bonds. The average Bonchev–Trinajstić information content (AvgIpc) is 3.37. The van der Waals surface area contributed by atoms with Crippen molar-refractivity contribution < 1.29 is 19.2 Å². The van der Waals surface area contributed by atoms with Gasteiger partial charge in [-0.15, -0.1) is 11.3 Å². The van der Waals surface area contributed by atoms with Crippen LogP contribution in [0, 0.1) is 0 Å². The Balaban J connectivity index is 1.56. The molecule has 2 heterocycles. The monoisotopic (exact) mass is 427 g/mol. The average molecular weight is 428 g/mol. The normalized spacial score (nSPS) is 12.1. The molecule has 1 unspecified atom stereocenters. The third-order valence-electron chi connectivity index (χ3n) is 4.34. The SMILES string of the molecule is CC(CS)N(C(=O)Oc1ccc(-c2cc(O)no2)cc1)c1ccc2ncsc2c1. The van der Waals surface area contributed by atoms with Crippen LogP contribution in [0.2, 0.25) is 0 Å². The van der Waals surface area contributed by atoms with E-state index in [4.69, 9.17) is 9.26 Å². The number of thiazole rings is 1. The van der Waals surface area contributed by atoms with Crippen molar-refractivity contribution >= 4 is 46.0 Å². The van der Waals surface area contributed by atoms with Crippen molar-refractivity contribution in [3.05, 3.63) is 54.0 Å². The first-order chi connectivity index (χ1) is 14.0. The zero-order valence-electron chi connectivity index (χ0n) is 15.3. The number of rotatable bonds is 5. The van der Waals surface area contributed by atoms with E-state index in [0.29, 0.717) is 22.8 Å². The number of ether oxygens (including phenoxy) is 1. The quantitative estimate of drug-likeness (QED) is 0.437. The number of carbonyl (C=O) groups excluding carboxylic acids is 1. The summed E-state index contributed by atoms with van der Waals surface area (Å²) in [4.78, 5) is 18.8. The van der Waals surface area contributed by atoms with Crippen LogP contribution in [0.25, 0.3) is 21.5 Å². The Hall–Kier alpha value is -3.04. The summed E-state index contributed by atoms with van der Waals surface area (Å²) in [5.74, 6) is 1.09. The Bertz CT molecular complexity index is 1140. The summed E-state index contributed by atoms with van der Waals surface area (Å²) < 4.78 is 11.6. The van der Waals surface area contributed by atoms with E-state index in [1.807, 2.05) is 25.1 Å². The van der Waals surface area contributed by atoms with Crippen LogP contribution in [0.15, 0.2) is 58.6 Å². The molecule has 4 aromatic rings. The summed E-state index contributed by atoms with van der Waals surface area (Å²) >= 11 is 5.86. The molecular formula is C20H17N3O4S2. The van der Waals surface area contributed by atoms with Crippen LogP contribution in [0.4, 0.5) is 10.5 Å². The number of anilines is 1. The number of nitrogens with zero attached hydrogens (tertiary/aromatic N) is 3. The second-order valence-electron chi connectivity index (χ2n) is 6.35. The van der Waals surface area contributed by atoms with Gasteiger partial charge in [-0.3, -0.25) is 4.90 Å². The van der Waals surface area contributed by atoms with Gasteiger partial charge in [0.2, 0.25) is 0 Å². The van der Waals surface area contributed by atoms with E-state index in [1.165, 1.54) is 17.4 Å². The smallest absolute Gasteiger partial charge is 0.420 e. The van der Waals surface area contributed by atoms with Gasteiger partial charge in [0.15, 0.2) is 5.76 Å². The van der Waals surface area contributed by atoms with Gasteiger partial charge in [-0.2, -0.15) is 12.6 Å². The van der Waals surface area contributed by atoms with Crippen LogP contribution >= 0.6 is 24.0 Å². The first kappa shape index (κ1) is 19.3. The van der Waals surface area contributed by atoms with Crippen molar-refractivity contribution in [1.82, 2.24) is 10.1 Å². The predicted octanol–water partition coefficient (Wildman–Crippen LogP) is 4.98. The standard InChI is InChI=1S/C20H17N3O4S2/c1-12(10-28)23(14-4-7-16-18(8-14)29-11-21-16)20(25)26-15-5-2-13(3-6-15)17-9-19(24)22-27-17/h2-9,11-12,28H,10H2,1H3,(H,22,24). The minimum absolute atomic E-state index is 0.173. The molecule has 0 aliphatic rings. The Morgan fingerprint density at radius 3 is 2.76 bits per heavy atom. The fraction of sp³-hybridized carbons (Fsp3) is 0.150. The Labute approximate surface area is 175 Å². The van der Waals surface area contributed by atoms with E-state index in [-0.39, 0.29) is 11.9 Å². The van der Waals surface area contributed by atoms with E-state index in [2.05, 4.69) is 22.8 Å². The molecule has 0 spiro atoms. The number of aromatic hydroxyl groups is 1. The van der Waals surface area contributed by atoms with Crippen LogP contribution in [0.5, 0.6) is 11.6 Å². The van der Waals surface area contributed by atoms with Crippen LogP contribution in [-0.2, 0) is 0 Å². The van der Waals surface area contributed by atoms with Crippen molar-refractivity contribution in [2.45, 2.75) is 13.0 Å². The van der Waals surface area contributed by atoms with E-state index >= 15 is 0 Å². The largest absolute Gasteiger partial charge is 0.491 e. The number of amides is 1. The molecule has 7 nitrogen and oxygen atoms in total. The van der Waals surface area contributed by atoms with Gasteiger partial charge < -0.3 is 14.4 Å². The van der Waals surface area contributed by atoms with Gasteiger partial charge in [-0.25, -0.2) is 9.78 Å². The van der Waals surface area contributed by atoms with Crippen molar-refractivity contribution in [3.8, 4) is 23.0 Å². The maximum atomic E-state index is 12.9. The first-order valence-electron chi connectivity index (χ1n) is 8.76. The first-order valence-corrected chi connectivity index (χ1v) is 10.3. The van der Waals surface area contributed by atoms with Gasteiger partial charge in [-0.05, 0) is 54.5 Å². The molecule has 9 heteroatoms. The van der Waals surface area contributed by atoms with Gasteiger partial charge in [0.1, 0.15) is 5.75 Å². The van der Waals surface area contributed by atoms with Crippen molar-refractivity contribution in [1.29, 1.82) is 0 Å². The summed E-state index contributed by atoms with van der Waals surface area (Å²) in [5.41, 5.74) is 4.09. The topological polar surface area (TPSA) is 88.7 Å². The maximum Gasteiger partial charge on any atom is 0.420 e. The molecule has 0 bridgehead atoms. The number of hydrogen-bond donors (Lipinski definition) is 2. The molecule has 0 aliphatic heterocycles. The molecule has 1 atom stereocenters. The number of fused-ring (bicyclic) bond motifs is 1. The molecule has 0 saturated heterocycles. The summed E-state index contributed by atoms with van der Waals surface area (Å²) in [6.45, 7) is 1.91. The van der Waals surface area contributed by atoms with E-state index in [9.17, 15) is 9.90 Å². The van der Waals surface area contributed by atoms with Crippen LogP contribution in [0.3, 0.4) is 0 Å². The summed E-state index contributed by atoms with van der Waals surface area (Å²) in [6, 6.07) is 13.6. The molecular weight excluding hydrogens is 410 g/mol. The van der Waals surface area contributed by atoms with Gasteiger partial charge in [0.25, 0.3) is 5.88 Å². The van der Waals surface area contributed by atoms with Crippen molar-refractivity contribution in [3.63, 3.8) is 0 Å². The Morgan fingerprint density at radius 1 is 1.28 bits per heavy atom. The lowest BCUT2D eigenvalue weighted by atomic mass is 10.2. The molecule has 0 radical (unpaired) electrons. The third-order valence-corrected chi connectivity index (χ3v) is 5.66. The fourth-order valence-electron chi connectivity index (χ4n) is 2.85. The molecule has 4 rings (SSSR count). The van der Waals surface area contributed by atoms with Gasteiger partial charge in [0.05, 0.1) is 15.7 Å². The van der Waals surface area contributed by atoms with Crippen molar-refractivity contribution in [2.24, 2.45) is 0 Å². The van der Waals surface area contributed by atoms with Gasteiger partial charge in [-0.1, -0.05) is 0 Å². The molecule has 0 fully saturated rings. The lowest BCUT2D eigenvalue weighted by molar-refractivity contribution is 0.206. The molecule has 2 aromatic heterocycles. The second-order valence-corrected chi connectivity index (χ2v) is 7.60. The highest BCUT2D eigenvalue weighted by Gasteiger charge is 2.24. The number of carbonyl (C=O) groups is 1. The zero-order valence-corrected chi connectivity index (χ0v) is 17.1. The van der Waals surface area contributed by atoms with E-state index < -0.39 is 6.09 Å². The molecule has 0 saturated carbocycles. The van der Waals surface area contributed by atoms with Crippen LogP contribution in [0.1, 0.15) is 6.92 Å². The highest BCUT2D eigenvalue weighted by molar-refractivity contribution is 7.80. The summed E-state index contributed by atoms with van der Waals surface area (Å²) in [5, 5.41) is 12.7. The number of hydrogen-bond acceptors (Lipinski definition) is 8. The van der Waals surface area contributed by atoms with Crippen LogP contribution < -0.4 is 9.64 Å². The Kier molecular flexibility index (Phi) is 5.41. The molecule has 29 heavy (non-hydrogen) atoms. The number of aromatic nitrogens is 2. The second kappa shape index (κ2) is 8.14. The molecule has 2 aromatic carbocycles. The number of thiol groups is 1. The lowest BCUT2D eigenvalue weighted by Crippen LogP contribution is -2.41. The minimum atomic E-state index is -0.500. The highest BCUT2D eigenvalue weighted by Crippen LogP contribution is 2.28. The summed E-state index contributed by atoms with van der Waals surface area (Å²) in [6.07, 6.45) is -0.500. The fourth-order valence-corrected chi connectivity index (χ4v) is 3.73. The molecule has 1 N–H and O–H groups in total. The third kappa shape index (κ3) is 4.06. The Morgan fingerprint density at radius 2 is 2.07 bits per heavy atom. The van der Waals surface area contributed by atoms with E-state index in [1.54, 1.807) is 34.7 Å². The lowest BCUT2D eigenvalue weighted by Gasteiger charge is -2.27. The highest BCUT2D eigenvalue weighted by atomic mass is 32.1. The number of benzene rings is 2. The summed E-state index contributed by atoms with van der Waals surface area (Å²) in [7, 11) is 0. The van der Waals surface area contributed by atoms with Gasteiger partial charge >= 0.3 is 6.09 Å².